The predicted molar refractivity (Wildman–Crippen MR) is 106 cm³/mol. The molecular formula is C20H25FN2O4S. The van der Waals surface area contributed by atoms with Gasteiger partial charge in [0.05, 0.1) is 16.7 Å². The van der Waals surface area contributed by atoms with Gasteiger partial charge in [-0.2, -0.15) is 0 Å². The minimum absolute atomic E-state index is 0.0172. The van der Waals surface area contributed by atoms with Gasteiger partial charge >= 0.3 is 0 Å². The summed E-state index contributed by atoms with van der Waals surface area (Å²) in [5, 5.41) is 2.65. The first-order chi connectivity index (χ1) is 13.3. The van der Waals surface area contributed by atoms with Gasteiger partial charge in [-0.1, -0.05) is 30.3 Å². The van der Waals surface area contributed by atoms with E-state index in [0.717, 1.165) is 10.4 Å². The van der Waals surface area contributed by atoms with E-state index >= 15 is 0 Å². The van der Waals surface area contributed by atoms with E-state index in [1.807, 2.05) is 13.8 Å². The number of benzene rings is 2. The van der Waals surface area contributed by atoms with Crippen LogP contribution in [-0.2, 0) is 19.6 Å². The maximum absolute atomic E-state index is 14.3. The molecule has 8 heteroatoms. The Kier molecular flexibility index (Phi) is 7.95. The molecule has 0 atom stereocenters. The summed E-state index contributed by atoms with van der Waals surface area (Å²) in [7, 11) is -4.11. The summed E-state index contributed by atoms with van der Waals surface area (Å²) in [5.74, 6) is -1.24. The number of ether oxygens (including phenoxy) is 1. The highest BCUT2D eigenvalue weighted by Crippen LogP contribution is 2.25. The summed E-state index contributed by atoms with van der Waals surface area (Å²) in [6, 6.07) is 13.1. The standard InChI is InChI=1S/C20H25FN2O4S/c1-16(2)27-14-8-13-22-20(24)15-23(19-12-7-6-11-18(19)21)28(25,26)17-9-4-3-5-10-17/h3-7,9-12,16H,8,13-15H2,1-2H3,(H,22,24). The van der Waals surface area contributed by atoms with Crippen molar-refractivity contribution in [3.05, 3.63) is 60.4 Å². The van der Waals surface area contributed by atoms with Crippen LogP contribution < -0.4 is 9.62 Å². The number of anilines is 1. The maximum atomic E-state index is 14.3. The molecule has 0 aliphatic carbocycles. The Labute approximate surface area is 165 Å². The van der Waals surface area contributed by atoms with Crippen molar-refractivity contribution in [1.29, 1.82) is 0 Å². The molecule has 0 saturated carbocycles. The molecule has 0 unspecified atom stereocenters. The summed E-state index contributed by atoms with van der Waals surface area (Å²) in [5.41, 5.74) is -0.176. The lowest BCUT2D eigenvalue weighted by molar-refractivity contribution is -0.119. The zero-order valence-electron chi connectivity index (χ0n) is 16.0. The molecule has 152 valence electrons. The number of carbonyl (C=O) groups is 1. The van der Waals surface area contributed by atoms with E-state index in [4.69, 9.17) is 4.74 Å². The van der Waals surface area contributed by atoms with Crippen molar-refractivity contribution < 1.29 is 22.3 Å². The zero-order chi connectivity index (χ0) is 20.6. The van der Waals surface area contributed by atoms with Crippen LogP contribution in [0.5, 0.6) is 0 Å². The van der Waals surface area contributed by atoms with Crippen molar-refractivity contribution in [3.8, 4) is 0 Å². The quantitative estimate of drug-likeness (QED) is 0.614. The molecule has 1 N–H and O–H groups in total. The molecule has 0 aromatic heterocycles. The van der Waals surface area contributed by atoms with Crippen LogP contribution in [0.3, 0.4) is 0 Å². The van der Waals surface area contributed by atoms with Crippen molar-refractivity contribution in [2.24, 2.45) is 0 Å². The number of sulfonamides is 1. The van der Waals surface area contributed by atoms with Crippen LogP contribution in [0.2, 0.25) is 0 Å². The monoisotopic (exact) mass is 408 g/mol. The van der Waals surface area contributed by atoms with E-state index in [9.17, 15) is 17.6 Å². The first-order valence-corrected chi connectivity index (χ1v) is 10.5. The topological polar surface area (TPSA) is 75.7 Å². The molecule has 0 radical (unpaired) electrons. The lowest BCUT2D eigenvalue weighted by Gasteiger charge is -2.24. The Morgan fingerprint density at radius 3 is 2.39 bits per heavy atom. The fourth-order valence-electron chi connectivity index (χ4n) is 2.48. The molecule has 2 aromatic carbocycles. The maximum Gasteiger partial charge on any atom is 0.264 e. The van der Waals surface area contributed by atoms with E-state index in [0.29, 0.717) is 19.6 Å². The van der Waals surface area contributed by atoms with Crippen molar-refractivity contribution in [1.82, 2.24) is 5.32 Å². The number of hydrogen-bond donors (Lipinski definition) is 1. The second-order valence-corrected chi connectivity index (χ2v) is 8.26. The smallest absolute Gasteiger partial charge is 0.264 e. The van der Waals surface area contributed by atoms with E-state index in [1.54, 1.807) is 18.2 Å². The van der Waals surface area contributed by atoms with Crippen LogP contribution in [0.1, 0.15) is 20.3 Å². The van der Waals surface area contributed by atoms with Gasteiger partial charge in [-0.25, -0.2) is 12.8 Å². The summed E-state index contributed by atoms with van der Waals surface area (Å²) in [4.78, 5) is 12.3. The third-order valence-electron chi connectivity index (χ3n) is 3.83. The number of hydrogen-bond acceptors (Lipinski definition) is 4. The van der Waals surface area contributed by atoms with Gasteiger partial charge in [0, 0.05) is 13.2 Å². The second-order valence-electron chi connectivity index (χ2n) is 6.40. The van der Waals surface area contributed by atoms with Gasteiger partial charge in [-0.15, -0.1) is 0 Å². The SMILES string of the molecule is CC(C)OCCCNC(=O)CN(c1ccccc1F)S(=O)(=O)c1ccccc1. The Morgan fingerprint density at radius 2 is 1.75 bits per heavy atom. The normalized spacial score (nSPS) is 11.4. The third-order valence-corrected chi connectivity index (χ3v) is 5.61. The number of para-hydroxylation sites is 1. The largest absolute Gasteiger partial charge is 0.379 e. The van der Waals surface area contributed by atoms with Gasteiger partial charge in [-0.05, 0) is 44.5 Å². The fourth-order valence-corrected chi connectivity index (χ4v) is 3.93. The van der Waals surface area contributed by atoms with Gasteiger partial charge in [0.2, 0.25) is 5.91 Å². The molecule has 0 fully saturated rings. The Balaban J connectivity index is 2.16. The number of nitrogens with one attached hydrogen (secondary N) is 1. The van der Waals surface area contributed by atoms with Crippen LogP contribution in [-0.4, -0.2) is 40.1 Å². The molecule has 0 heterocycles. The van der Waals surface area contributed by atoms with Crippen molar-refractivity contribution in [2.45, 2.75) is 31.3 Å². The van der Waals surface area contributed by atoms with Crippen molar-refractivity contribution >= 4 is 21.6 Å². The van der Waals surface area contributed by atoms with Crippen LogP contribution in [0.4, 0.5) is 10.1 Å². The minimum atomic E-state index is -4.11. The van der Waals surface area contributed by atoms with Crippen LogP contribution in [0.25, 0.3) is 0 Å². The number of amides is 1. The number of carbonyl (C=O) groups excluding carboxylic acids is 1. The van der Waals surface area contributed by atoms with Crippen LogP contribution in [0, 0.1) is 5.82 Å². The van der Waals surface area contributed by atoms with E-state index in [1.165, 1.54) is 30.3 Å². The molecule has 1 amide bonds. The first-order valence-electron chi connectivity index (χ1n) is 9.03. The van der Waals surface area contributed by atoms with Crippen LogP contribution in [0.15, 0.2) is 59.5 Å². The van der Waals surface area contributed by atoms with Gasteiger partial charge in [0.1, 0.15) is 12.4 Å². The predicted octanol–water partition coefficient (Wildman–Crippen LogP) is 2.95. The molecule has 0 aliphatic heterocycles. The highest BCUT2D eigenvalue weighted by atomic mass is 32.2. The molecule has 28 heavy (non-hydrogen) atoms. The Bertz CT molecular complexity index is 873. The number of rotatable bonds is 10. The minimum Gasteiger partial charge on any atom is -0.379 e. The van der Waals surface area contributed by atoms with E-state index in [2.05, 4.69) is 5.32 Å². The molecular weight excluding hydrogens is 383 g/mol. The van der Waals surface area contributed by atoms with Gasteiger partial charge in [-0.3, -0.25) is 9.10 Å². The number of halogens is 1. The average Bonchev–Trinajstić information content (AvgIpc) is 2.67. The van der Waals surface area contributed by atoms with E-state index < -0.39 is 28.3 Å². The Morgan fingerprint density at radius 1 is 1.11 bits per heavy atom. The molecule has 0 bridgehead atoms. The van der Waals surface area contributed by atoms with Crippen LogP contribution >= 0.6 is 0 Å². The fraction of sp³-hybridized carbons (Fsp3) is 0.350. The molecule has 0 spiro atoms. The lowest BCUT2D eigenvalue weighted by atomic mass is 10.3. The van der Waals surface area contributed by atoms with Gasteiger partial charge < -0.3 is 10.1 Å². The van der Waals surface area contributed by atoms with Crippen molar-refractivity contribution in [2.75, 3.05) is 24.0 Å². The zero-order valence-corrected chi connectivity index (χ0v) is 16.8. The van der Waals surface area contributed by atoms with Gasteiger partial charge in [0.15, 0.2) is 0 Å². The highest BCUT2D eigenvalue weighted by molar-refractivity contribution is 7.92. The lowest BCUT2D eigenvalue weighted by Crippen LogP contribution is -2.41. The number of nitrogens with zero attached hydrogens (tertiary/aromatic N) is 1. The highest BCUT2D eigenvalue weighted by Gasteiger charge is 2.28. The molecule has 0 aliphatic rings. The average molecular weight is 408 g/mol. The summed E-state index contributed by atoms with van der Waals surface area (Å²) >= 11 is 0. The Hall–Kier alpha value is -2.45. The third kappa shape index (κ3) is 6.03. The summed E-state index contributed by atoms with van der Waals surface area (Å²) < 4.78 is 46.6. The molecule has 2 aromatic rings. The molecule has 2 rings (SSSR count). The summed E-state index contributed by atoms with van der Waals surface area (Å²) in [6.07, 6.45) is 0.693. The second kappa shape index (κ2) is 10.2. The van der Waals surface area contributed by atoms with E-state index in [-0.39, 0.29) is 16.7 Å². The first kappa shape index (κ1) is 21.8. The van der Waals surface area contributed by atoms with Gasteiger partial charge in [0.25, 0.3) is 10.0 Å². The molecule has 6 nitrogen and oxygen atoms in total. The van der Waals surface area contributed by atoms with Crippen molar-refractivity contribution in [3.63, 3.8) is 0 Å². The molecule has 0 saturated heterocycles. The summed E-state index contributed by atoms with van der Waals surface area (Å²) in [6.45, 7) is 4.13.